The zero-order chi connectivity index (χ0) is 20.0. The molecule has 0 bridgehead atoms. The maximum Gasteiger partial charge on any atom is 0.122 e. The third kappa shape index (κ3) is 4.76. The molecule has 0 spiro atoms. The number of para-hydroxylation sites is 1. The molecule has 0 saturated carbocycles. The Hall–Kier alpha value is -1.84. The molecular weight excluding hydrogens is 346 g/mol. The monoisotopic (exact) mass is 382 g/mol. The van der Waals surface area contributed by atoms with E-state index in [1.165, 1.54) is 11.1 Å². The first kappa shape index (κ1) is 20.9. The predicted octanol–water partition coefficient (Wildman–Crippen LogP) is 4.48. The topological polar surface area (TPSA) is 35.1 Å². The van der Waals surface area contributed by atoms with Gasteiger partial charge < -0.3 is 14.8 Å². The van der Waals surface area contributed by atoms with Crippen molar-refractivity contribution >= 4 is 0 Å². The molecular formula is C25H36NO2+. The van der Waals surface area contributed by atoms with Crippen LogP contribution in [0.4, 0.5) is 0 Å². The summed E-state index contributed by atoms with van der Waals surface area (Å²) in [4.78, 5) is 0. The van der Waals surface area contributed by atoms with Gasteiger partial charge in [-0.15, -0.1) is 0 Å². The van der Waals surface area contributed by atoms with Crippen molar-refractivity contribution in [2.45, 2.75) is 57.6 Å². The van der Waals surface area contributed by atoms with Crippen molar-refractivity contribution in [2.24, 2.45) is 5.92 Å². The minimum Gasteiger partial charge on any atom is -0.496 e. The van der Waals surface area contributed by atoms with Gasteiger partial charge in [0.25, 0.3) is 0 Å². The maximum atomic E-state index is 6.14. The Bertz CT molecular complexity index is 730. The van der Waals surface area contributed by atoms with E-state index < -0.39 is 0 Å². The van der Waals surface area contributed by atoms with Gasteiger partial charge in [-0.25, -0.2) is 0 Å². The third-order valence-electron chi connectivity index (χ3n) is 6.39. The molecule has 3 heteroatoms. The Morgan fingerprint density at radius 1 is 1.07 bits per heavy atom. The summed E-state index contributed by atoms with van der Waals surface area (Å²) in [6, 6.07) is 19.8. The van der Waals surface area contributed by atoms with Gasteiger partial charge in [0.15, 0.2) is 0 Å². The lowest BCUT2D eigenvalue weighted by molar-refractivity contribution is -0.693. The second-order valence-electron chi connectivity index (χ2n) is 8.56. The molecule has 2 N–H and O–H groups in total. The van der Waals surface area contributed by atoms with Gasteiger partial charge in [0.2, 0.25) is 0 Å². The summed E-state index contributed by atoms with van der Waals surface area (Å²) in [5.74, 6) is 1.55. The molecule has 2 aromatic carbocycles. The molecule has 1 fully saturated rings. The smallest absolute Gasteiger partial charge is 0.122 e. The van der Waals surface area contributed by atoms with Gasteiger partial charge >= 0.3 is 0 Å². The molecule has 0 aliphatic carbocycles. The second kappa shape index (κ2) is 9.58. The zero-order valence-corrected chi connectivity index (χ0v) is 17.9. The number of nitrogens with two attached hydrogens (primary N) is 1. The average Bonchev–Trinajstić information content (AvgIpc) is 2.74. The standard InChI is InChI=1S/C25H35NO2/c1-19(2)24-18-25(15-17-28-24,22-12-8-9-13-23(22)27-4)14-16-26-20(3)21-10-6-5-7-11-21/h5-13,19-20,24,26H,14-18H2,1-4H3/p+1/t20-,24-,25-/m0/s1. The number of rotatable bonds is 8. The molecule has 3 rings (SSSR count). The van der Waals surface area contributed by atoms with Crippen LogP contribution < -0.4 is 10.1 Å². The normalized spacial score (nSPS) is 23.5. The summed E-state index contributed by atoms with van der Waals surface area (Å²) in [6.07, 6.45) is 3.57. The Balaban J connectivity index is 1.79. The first-order chi connectivity index (χ1) is 13.6. The van der Waals surface area contributed by atoms with Crippen LogP contribution in [0.1, 0.15) is 57.2 Å². The largest absolute Gasteiger partial charge is 0.496 e. The SMILES string of the molecule is COc1ccccc1[C@@]1(CC[NH2+][C@@H](C)c2ccccc2)CCO[C@H](C(C)C)C1. The van der Waals surface area contributed by atoms with Crippen LogP contribution in [0, 0.1) is 5.92 Å². The number of ether oxygens (including phenoxy) is 2. The molecule has 0 radical (unpaired) electrons. The summed E-state index contributed by atoms with van der Waals surface area (Å²) >= 11 is 0. The lowest BCUT2D eigenvalue weighted by atomic mass is 9.68. The highest BCUT2D eigenvalue weighted by Crippen LogP contribution is 2.44. The van der Waals surface area contributed by atoms with Gasteiger partial charge in [0.1, 0.15) is 11.8 Å². The third-order valence-corrected chi connectivity index (χ3v) is 6.39. The zero-order valence-electron chi connectivity index (χ0n) is 17.9. The van der Waals surface area contributed by atoms with Crippen molar-refractivity contribution < 1.29 is 14.8 Å². The summed E-state index contributed by atoms with van der Waals surface area (Å²) in [6.45, 7) is 8.76. The van der Waals surface area contributed by atoms with E-state index in [1.807, 2.05) is 0 Å². The van der Waals surface area contributed by atoms with Crippen LogP contribution in [0.15, 0.2) is 54.6 Å². The van der Waals surface area contributed by atoms with Crippen molar-refractivity contribution in [1.29, 1.82) is 0 Å². The van der Waals surface area contributed by atoms with Crippen molar-refractivity contribution in [1.82, 2.24) is 0 Å². The summed E-state index contributed by atoms with van der Waals surface area (Å²) < 4.78 is 11.9. The first-order valence-corrected chi connectivity index (χ1v) is 10.7. The maximum absolute atomic E-state index is 6.14. The van der Waals surface area contributed by atoms with Crippen LogP contribution in [-0.4, -0.2) is 26.4 Å². The fourth-order valence-electron chi connectivity index (χ4n) is 4.57. The summed E-state index contributed by atoms with van der Waals surface area (Å²) in [7, 11) is 1.79. The van der Waals surface area contributed by atoms with Gasteiger partial charge in [-0.1, -0.05) is 62.4 Å². The molecule has 0 unspecified atom stereocenters. The quantitative estimate of drug-likeness (QED) is 0.730. The van der Waals surface area contributed by atoms with E-state index in [0.29, 0.717) is 18.1 Å². The van der Waals surface area contributed by atoms with Gasteiger partial charge in [-0.2, -0.15) is 0 Å². The number of methoxy groups -OCH3 is 1. The van der Waals surface area contributed by atoms with Crippen LogP contribution in [0.2, 0.25) is 0 Å². The average molecular weight is 383 g/mol. The minimum atomic E-state index is 0.118. The molecule has 28 heavy (non-hydrogen) atoms. The van der Waals surface area contributed by atoms with Gasteiger partial charge in [-0.05, 0) is 31.7 Å². The van der Waals surface area contributed by atoms with Crippen LogP contribution in [0.5, 0.6) is 5.75 Å². The van der Waals surface area contributed by atoms with Crippen LogP contribution >= 0.6 is 0 Å². The van der Waals surface area contributed by atoms with Crippen LogP contribution in [0.3, 0.4) is 0 Å². The van der Waals surface area contributed by atoms with E-state index in [-0.39, 0.29) is 5.41 Å². The van der Waals surface area contributed by atoms with E-state index >= 15 is 0 Å². The Morgan fingerprint density at radius 3 is 2.50 bits per heavy atom. The molecule has 0 amide bonds. The van der Waals surface area contributed by atoms with Crippen molar-refractivity contribution in [2.75, 3.05) is 20.3 Å². The summed E-state index contributed by atoms with van der Waals surface area (Å²) in [5.41, 5.74) is 2.86. The second-order valence-corrected chi connectivity index (χ2v) is 8.56. The fraction of sp³-hybridized carbons (Fsp3) is 0.520. The van der Waals surface area contributed by atoms with E-state index in [9.17, 15) is 0 Å². The summed E-state index contributed by atoms with van der Waals surface area (Å²) in [5, 5.41) is 2.48. The molecule has 152 valence electrons. The van der Waals surface area contributed by atoms with E-state index in [4.69, 9.17) is 9.47 Å². The first-order valence-electron chi connectivity index (χ1n) is 10.7. The molecule has 1 heterocycles. The molecule has 1 saturated heterocycles. The lowest BCUT2D eigenvalue weighted by Crippen LogP contribution is -2.85. The van der Waals surface area contributed by atoms with Crippen LogP contribution in [0.25, 0.3) is 0 Å². The van der Waals surface area contributed by atoms with Crippen molar-refractivity contribution in [3.8, 4) is 5.75 Å². The Labute approximate surface area is 170 Å². The van der Waals surface area contributed by atoms with Crippen molar-refractivity contribution in [3.05, 3.63) is 65.7 Å². The fourth-order valence-corrected chi connectivity index (χ4v) is 4.57. The van der Waals surface area contributed by atoms with Gasteiger partial charge in [0.05, 0.1) is 19.8 Å². The van der Waals surface area contributed by atoms with E-state index in [2.05, 4.69) is 80.7 Å². The molecule has 1 aliphatic heterocycles. The highest BCUT2D eigenvalue weighted by Gasteiger charge is 2.41. The number of hydrogen-bond acceptors (Lipinski definition) is 2. The van der Waals surface area contributed by atoms with Gasteiger partial charge in [0, 0.05) is 29.6 Å². The molecule has 1 aliphatic rings. The Morgan fingerprint density at radius 2 is 1.79 bits per heavy atom. The predicted molar refractivity (Wildman–Crippen MR) is 115 cm³/mol. The number of benzene rings is 2. The van der Waals surface area contributed by atoms with Gasteiger partial charge in [-0.3, -0.25) is 0 Å². The molecule has 3 atom stereocenters. The van der Waals surface area contributed by atoms with E-state index in [1.54, 1.807) is 7.11 Å². The highest BCUT2D eigenvalue weighted by atomic mass is 16.5. The van der Waals surface area contributed by atoms with Crippen molar-refractivity contribution in [3.63, 3.8) is 0 Å². The highest BCUT2D eigenvalue weighted by molar-refractivity contribution is 5.40. The number of quaternary nitrogens is 1. The van der Waals surface area contributed by atoms with Crippen LogP contribution in [-0.2, 0) is 10.2 Å². The molecule has 3 nitrogen and oxygen atoms in total. The minimum absolute atomic E-state index is 0.118. The molecule has 2 aromatic rings. The Kier molecular flexibility index (Phi) is 7.14. The molecule has 0 aromatic heterocycles. The lowest BCUT2D eigenvalue weighted by Gasteiger charge is -2.43. The van der Waals surface area contributed by atoms with E-state index in [0.717, 1.165) is 38.2 Å². The number of hydrogen-bond donors (Lipinski definition) is 1.